The molecule has 1 fully saturated rings. The van der Waals surface area contributed by atoms with E-state index in [1.54, 1.807) is 17.9 Å². The van der Waals surface area contributed by atoms with Crippen LogP contribution in [0.4, 0.5) is 16.2 Å². The number of nitrogens with one attached hydrogen (secondary N) is 2. The number of aryl methyl sites for hydroxylation is 3. The van der Waals surface area contributed by atoms with Crippen molar-refractivity contribution in [1.82, 2.24) is 19.4 Å². The molecule has 0 radical (unpaired) electrons. The van der Waals surface area contributed by atoms with Crippen LogP contribution >= 0.6 is 0 Å². The first-order chi connectivity index (χ1) is 15.3. The van der Waals surface area contributed by atoms with E-state index in [1.165, 1.54) is 32.8 Å². The maximum absolute atomic E-state index is 13.4. The number of rotatable bonds is 5. The van der Waals surface area contributed by atoms with Crippen LogP contribution in [0, 0.1) is 0 Å². The number of fused-ring (bicyclic) bond motifs is 2. The number of benzene rings is 1. The van der Waals surface area contributed by atoms with E-state index in [-0.39, 0.29) is 37.0 Å². The maximum Gasteiger partial charge on any atom is 1.00 e. The molecule has 2 N–H and O–H groups in total. The molecule has 174 valence electrons. The summed E-state index contributed by atoms with van der Waals surface area (Å²) in [7, 11) is -0.420. The summed E-state index contributed by atoms with van der Waals surface area (Å²) in [6.45, 7) is 1.39. The second-order valence-corrected chi connectivity index (χ2v) is 10.7. The van der Waals surface area contributed by atoms with Gasteiger partial charge >= 0.3 is 45.8 Å². The summed E-state index contributed by atoms with van der Waals surface area (Å²) in [5.41, 5.74) is 6.19. The Balaban J connectivity index is 0.00000162. The second-order valence-electron chi connectivity index (χ2n) is 9.17. The Kier molecular flexibility index (Phi) is 7.12. The van der Waals surface area contributed by atoms with Gasteiger partial charge in [-0.3, -0.25) is 4.68 Å². The van der Waals surface area contributed by atoms with Crippen molar-refractivity contribution in [1.29, 1.82) is 0 Å². The van der Waals surface area contributed by atoms with E-state index < -0.39 is 16.2 Å². The van der Waals surface area contributed by atoms with Crippen molar-refractivity contribution < 1.29 is 44.2 Å². The minimum Gasteiger partial charge on any atom is -1.00 e. The van der Waals surface area contributed by atoms with Crippen LogP contribution in [0.25, 0.3) is 0 Å². The zero-order valence-corrected chi connectivity index (χ0v) is 22.4. The smallest absolute Gasteiger partial charge is 1.00 e. The molecule has 2 heterocycles. The molecular formula is C22H31N6NaO3S. The molecule has 0 bridgehead atoms. The van der Waals surface area contributed by atoms with Gasteiger partial charge in [-0.15, -0.1) is 0 Å². The van der Waals surface area contributed by atoms with E-state index in [9.17, 15) is 13.2 Å². The third kappa shape index (κ3) is 4.81. The molecular weight excluding hydrogens is 451 g/mol. The van der Waals surface area contributed by atoms with Gasteiger partial charge in [-0.2, -0.15) is 13.5 Å². The van der Waals surface area contributed by atoms with E-state index in [0.29, 0.717) is 18.7 Å². The summed E-state index contributed by atoms with van der Waals surface area (Å²) >= 11 is 0. The number of hydrogen-bond donors (Lipinski definition) is 2. The van der Waals surface area contributed by atoms with Crippen molar-refractivity contribution in [2.45, 2.75) is 51.0 Å². The van der Waals surface area contributed by atoms with Crippen molar-refractivity contribution in [3.05, 3.63) is 40.7 Å². The third-order valence-electron chi connectivity index (χ3n) is 6.84. The number of urea groups is 1. The maximum atomic E-state index is 13.4. The molecule has 9 nitrogen and oxygen atoms in total. The van der Waals surface area contributed by atoms with Crippen molar-refractivity contribution in [3.63, 3.8) is 0 Å². The van der Waals surface area contributed by atoms with Gasteiger partial charge < -0.3 is 11.6 Å². The number of hydrogen-bond acceptors (Lipinski definition) is 5. The molecule has 3 aliphatic rings. The van der Waals surface area contributed by atoms with Crippen LogP contribution in [0.3, 0.4) is 0 Å². The Morgan fingerprint density at radius 2 is 1.82 bits per heavy atom. The average molecular weight is 483 g/mol. The zero-order chi connectivity index (χ0) is 22.5. The summed E-state index contributed by atoms with van der Waals surface area (Å²) < 4.78 is 32.0. The SMILES string of the molecule is CN1CCC(N(c2cnn(C)c2)S(=O)(=O)NC(=O)Nc2c3c(cc4c2CCC4)CCC3)C1.[H-].[Na+]. The van der Waals surface area contributed by atoms with E-state index in [4.69, 9.17) is 0 Å². The molecule has 0 saturated carbocycles. The fourth-order valence-electron chi connectivity index (χ4n) is 5.44. The Morgan fingerprint density at radius 3 is 2.36 bits per heavy atom. The molecule has 2 aliphatic carbocycles. The standard InChI is InChI=1S/C22H30N6O3S.Na.H/c1-26-10-9-17(13-26)28(18-12-23-27(2)14-18)32(30,31)25-22(29)24-21-19-7-3-5-15(19)11-16-6-4-8-20(16)21;;/h11-12,14,17H,3-10,13H2,1-2H3,(H2,24,25,29);;/q;+1;-1. The van der Waals surface area contributed by atoms with Gasteiger partial charge in [0.25, 0.3) is 0 Å². The van der Waals surface area contributed by atoms with Crippen molar-refractivity contribution in [2.75, 3.05) is 29.8 Å². The van der Waals surface area contributed by atoms with Crippen LogP contribution in [0.2, 0.25) is 0 Å². The van der Waals surface area contributed by atoms with Gasteiger partial charge in [-0.25, -0.2) is 13.8 Å². The topological polar surface area (TPSA) is 99.6 Å². The van der Waals surface area contributed by atoms with Crippen molar-refractivity contribution in [3.8, 4) is 0 Å². The summed E-state index contributed by atoms with van der Waals surface area (Å²) in [5, 5.41) is 7.06. The summed E-state index contributed by atoms with van der Waals surface area (Å²) in [4.78, 5) is 15.1. The summed E-state index contributed by atoms with van der Waals surface area (Å²) in [6.07, 6.45) is 9.87. The van der Waals surface area contributed by atoms with Gasteiger partial charge in [0.05, 0.1) is 17.9 Å². The molecule has 1 atom stereocenters. The molecule has 2 aromatic rings. The molecule has 1 aromatic heterocycles. The Hall–Kier alpha value is -1.59. The fraction of sp³-hybridized carbons (Fsp3) is 0.545. The number of anilines is 2. The molecule has 2 amide bonds. The van der Waals surface area contributed by atoms with Crippen molar-refractivity contribution in [2.24, 2.45) is 7.05 Å². The van der Waals surface area contributed by atoms with E-state index >= 15 is 0 Å². The van der Waals surface area contributed by atoms with Crippen LogP contribution in [-0.2, 0) is 42.9 Å². The normalized spacial score (nSPS) is 19.6. The van der Waals surface area contributed by atoms with Gasteiger partial charge in [0.2, 0.25) is 0 Å². The molecule has 1 aromatic carbocycles. The largest absolute Gasteiger partial charge is 1.00 e. The number of amides is 2. The number of likely N-dealkylation sites (N-methyl/N-ethyl adjacent to an activating group) is 1. The fourth-order valence-corrected chi connectivity index (χ4v) is 6.76. The van der Waals surface area contributed by atoms with E-state index in [1.807, 2.05) is 7.05 Å². The quantitative estimate of drug-likeness (QED) is 0.538. The monoisotopic (exact) mass is 482 g/mol. The summed E-state index contributed by atoms with van der Waals surface area (Å²) in [6, 6.07) is 1.31. The van der Waals surface area contributed by atoms with Crippen LogP contribution in [0.5, 0.6) is 0 Å². The predicted octanol–water partition coefficient (Wildman–Crippen LogP) is -0.909. The van der Waals surface area contributed by atoms with Crippen LogP contribution in [0.15, 0.2) is 18.5 Å². The van der Waals surface area contributed by atoms with Gasteiger partial charge in [0.1, 0.15) is 0 Å². The Bertz CT molecular complexity index is 1140. The molecule has 1 unspecified atom stereocenters. The van der Waals surface area contributed by atoms with Gasteiger partial charge in [0.15, 0.2) is 0 Å². The van der Waals surface area contributed by atoms with Crippen LogP contribution < -0.4 is 43.9 Å². The molecule has 0 spiro atoms. The number of aromatic nitrogens is 2. The first kappa shape index (κ1) is 24.5. The van der Waals surface area contributed by atoms with Gasteiger partial charge in [0, 0.05) is 25.5 Å². The van der Waals surface area contributed by atoms with Crippen LogP contribution in [0.1, 0.15) is 42.9 Å². The molecule has 5 rings (SSSR count). The minimum absolute atomic E-state index is 0. The zero-order valence-electron chi connectivity index (χ0n) is 20.6. The van der Waals surface area contributed by atoms with E-state index in [0.717, 1.165) is 50.8 Å². The van der Waals surface area contributed by atoms with Gasteiger partial charge in [-0.1, -0.05) is 6.07 Å². The third-order valence-corrected chi connectivity index (χ3v) is 8.31. The summed E-state index contributed by atoms with van der Waals surface area (Å²) in [5.74, 6) is 0. The minimum atomic E-state index is -4.13. The van der Waals surface area contributed by atoms with Gasteiger partial charge in [-0.05, 0) is 80.8 Å². The number of likely N-dealkylation sites (tertiary alicyclic amines) is 1. The molecule has 33 heavy (non-hydrogen) atoms. The Morgan fingerprint density at radius 1 is 1.15 bits per heavy atom. The van der Waals surface area contributed by atoms with E-state index in [2.05, 4.69) is 26.1 Å². The second kappa shape index (κ2) is 9.58. The Labute approximate surface area is 218 Å². The van der Waals surface area contributed by atoms with Crippen molar-refractivity contribution >= 4 is 27.6 Å². The number of nitrogens with zero attached hydrogens (tertiary/aromatic N) is 4. The number of carbonyl (C=O) groups is 1. The molecule has 1 aliphatic heterocycles. The molecule has 1 saturated heterocycles. The number of carbonyl (C=O) groups excluding carboxylic acids is 1. The molecule has 11 heteroatoms. The van der Waals surface area contributed by atoms with Crippen LogP contribution in [-0.4, -0.2) is 55.3 Å². The average Bonchev–Trinajstić information content (AvgIpc) is 3.49. The first-order valence-corrected chi connectivity index (χ1v) is 12.7. The first-order valence-electron chi connectivity index (χ1n) is 11.3. The predicted molar refractivity (Wildman–Crippen MR) is 124 cm³/mol.